The summed E-state index contributed by atoms with van der Waals surface area (Å²) >= 11 is 3.23. The largest absolute Gasteiger partial charge is 0.415 e. The van der Waals surface area contributed by atoms with E-state index in [-0.39, 0.29) is 5.41 Å². The molecule has 0 saturated heterocycles. The van der Waals surface area contributed by atoms with Gasteiger partial charge in [0.15, 0.2) is 0 Å². The molecule has 1 aliphatic rings. The molecule has 3 heterocycles. The monoisotopic (exact) mass is 389 g/mol. The first-order chi connectivity index (χ1) is 12.4. The zero-order chi connectivity index (χ0) is 18.3. The number of hydrogen-bond acceptors (Lipinski definition) is 8. The van der Waals surface area contributed by atoms with Crippen LogP contribution in [0.4, 0.5) is 5.82 Å². The zero-order valence-electron chi connectivity index (χ0n) is 15.3. The number of fused-ring (bicyclic) bond motifs is 3. The summed E-state index contributed by atoms with van der Waals surface area (Å²) in [6.07, 6.45) is 6.00. The third-order valence-electron chi connectivity index (χ3n) is 4.51. The molecule has 0 amide bonds. The van der Waals surface area contributed by atoms with Gasteiger partial charge in [0.25, 0.3) is 5.22 Å². The molecule has 6 nitrogen and oxygen atoms in total. The number of hydrogen-bond donors (Lipinski definition) is 1. The zero-order valence-corrected chi connectivity index (χ0v) is 17.0. The molecule has 0 aliphatic heterocycles. The highest BCUT2D eigenvalue weighted by molar-refractivity contribution is 7.98. The second kappa shape index (κ2) is 6.81. The molecule has 0 radical (unpaired) electrons. The molecule has 3 aromatic heterocycles. The van der Waals surface area contributed by atoms with E-state index >= 15 is 0 Å². The van der Waals surface area contributed by atoms with Gasteiger partial charge in [0.05, 0.1) is 11.1 Å². The molecular weight excluding hydrogens is 366 g/mol. The number of nitrogens with two attached hydrogens (primary N) is 1. The number of nitrogens with zero attached hydrogens (tertiary/aromatic N) is 4. The highest BCUT2D eigenvalue weighted by Gasteiger charge is 2.22. The van der Waals surface area contributed by atoms with Crippen molar-refractivity contribution in [3.63, 3.8) is 0 Å². The van der Waals surface area contributed by atoms with E-state index in [2.05, 4.69) is 15.2 Å². The lowest BCUT2D eigenvalue weighted by molar-refractivity contribution is 0.347. The molecule has 3 aromatic rings. The van der Waals surface area contributed by atoms with Crippen LogP contribution in [0.1, 0.15) is 62.2 Å². The van der Waals surface area contributed by atoms with Crippen LogP contribution in [0.15, 0.2) is 9.64 Å². The quantitative estimate of drug-likeness (QED) is 0.520. The lowest BCUT2D eigenvalue weighted by Crippen LogP contribution is -2.11. The van der Waals surface area contributed by atoms with E-state index in [1.54, 1.807) is 11.3 Å². The SMILES string of the molecule is CC(C)(C)c1nnc(SCc2nc(N)c3c4c(sc3n2)CCCCC4)o1. The molecule has 4 rings (SSSR count). The average Bonchev–Trinajstić information content (AvgIpc) is 3.12. The van der Waals surface area contributed by atoms with E-state index in [1.807, 2.05) is 20.8 Å². The molecule has 138 valence electrons. The van der Waals surface area contributed by atoms with E-state index < -0.39 is 0 Å². The third-order valence-corrected chi connectivity index (χ3v) is 6.51. The number of nitrogen functional groups attached to an aromatic ring is 1. The highest BCUT2D eigenvalue weighted by atomic mass is 32.2. The second-order valence-corrected chi connectivity index (χ2v) is 9.69. The fourth-order valence-corrected chi connectivity index (χ4v) is 5.08. The Balaban J connectivity index is 1.57. The van der Waals surface area contributed by atoms with E-state index in [0.29, 0.717) is 28.5 Å². The van der Waals surface area contributed by atoms with Crippen molar-refractivity contribution in [2.75, 3.05) is 5.73 Å². The Morgan fingerprint density at radius 2 is 1.92 bits per heavy atom. The van der Waals surface area contributed by atoms with E-state index in [9.17, 15) is 0 Å². The van der Waals surface area contributed by atoms with Crippen LogP contribution < -0.4 is 5.73 Å². The first-order valence-electron chi connectivity index (χ1n) is 8.95. The molecule has 0 bridgehead atoms. The number of aromatic nitrogens is 4. The van der Waals surface area contributed by atoms with Crippen LogP contribution in [0.5, 0.6) is 0 Å². The van der Waals surface area contributed by atoms with Gasteiger partial charge in [-0.15, -0.1) is 21.5 Å². The van der Waals surface area contributed by atoms with Crippen LogP contribution in [0.2, 0.25) is 0 Å². The Bertz CT molecular complexity index is 941. The summed E-state index contributed by atoms with van der Waals surface area (Å²) in [4.78, 5) is 11.8. The molecule has 0 aromatic carbocycles. The summed E-state index contributed by atoms with van der Waals surface area (Å²) in [5, 5.41) is 9.85. The Morgan fingerprint density at radius 1 is 1.12 bits per heavy atom. The summed E-state index contributed by atoms with van der Waals surface area (Å²) < 4.78 is 5.72. The summed E-state index contributed by atoms with van der Waals surface area (Å²) in [6.45, 7) is 6.15. The molecule has 26 heavy (non-hydrogen) atoms. The van der Waals surface area contributed by atoms with Crippen molar-refractivity contribution in [2.24, 2.45) is 0 Å². The standard InChI is InChI=1S/C18H23N5OS2/c1-18(2,3)16-22-23-17(24-16)25-9-12-20-14(19)13-10-7-5-4-6-8-11(10)26-15(13)21-12/h4-9H2,1-3H3,(H2,19,20,21). The number of anilines is 1. The van der Waals surface area contributed by atoms with Gasteiger partial charge < -0.3 is 10.2 Å². The molecule has 0 spiro atoms. The lowest BCUT2D eigenvalue weighted by atomic mass is 9.97. The average molecular weight is 390 g/mol. The number of thiophene rings is 1. The topological polar surface area (TPSA) is 90.7 Å². The summed E-state index contributed by atoms with van der Waals surface area (Å²) in [5.41, 5.74) is 7.53. The van der Waals surface area contributed by atoms with E-state index in [1.165, 1.54) is 41.5 Å². The Labute approximate surface area is 161 Å². The van der Waals surface area contributed by atoms with Gasteiger partial charge in [-0.2, -0.15) is 0 Å². The molecule has 1 aliphatic carbocycles. The maximum atomic E-state index is 6.30. The molecule has 2 N–H and O–H groups in total. The van der Waals surface area contributed by atoms with Crippen LogP contribution in [-0.4, -0.2) is 20.2 Å². The van der Waals surface area contributed by atoms with Gasteiger partial charge >= 0.3 is 0 Å². The van der Waals surface area contributed by atoms with E-state index in [4.69, 9.17) is 15.1 Å². The van der Waals surface area contributed by atoms with Crippen molar-refractivity contribution in [3.05, 3.63) is 22.2 Å². The molecule has 0 fully saturated rings. The van der Waals surface area contributed by atoms with Crippen molar-refractivity contribution >= 4 is 39.1 Å². The molecule has 0 saturated carbocycles. The third kappa shape index (κ3) is 3.44. The van der Waals surface area contributed by atoms with Crippen molar-refractivity contribution < 1.29 is 4.42 Å². The van der Waals surface area contributed by atoms with Crippen LogP contribution in [-0.2, 0) is 24.0 Å². The lowest BCUT2D eigenvalue weighted by Gasteiger charge is -2.10. The smallest absolute Gasteiger partial charge is 0.277 e. The van der Waals surface area contributed by atoms with Gasteiger partial charge in [-0.1, -0.05) is 39.0 Å². The van der Waals surface area contributed by atoms with Gasteiger partial charge in [0, 0.05) is 10.3 Å². The Kier molecular flexibility index (Phi) is 4.64. The van der Waals surface area contributed by atoms with Crippen LogP contribution >= 0.6 is 23.1 Å². The van der Waals surface area contributed by atoms with Crippen LogP contribution in [0, 0.1) is 0 Å². The minimum absolute atomic E-state index is 0.152. The molecule has 8 heteroatoms. The van der Waals surface area contributed by atoms with Gasteiger partial charge in [0.1, 0.15) is 16.5 Å². The first-order valence-corrected chi connectivity index (χ1v) is 10.8. The predicted molar refractivity (Wildman–Crippen MR) is 106 cm³/mol. The van der Waals surface area contributed by atoms with Gasteiger partial charge in [0.2, 0.25) is 5.89 Å². The Hall–Kier alpha value is -1.67. The number of rotatable bonds is 3. The molecular formula is C18H23N5OS2. The minimum Gasteiger partial charge on any atom is -0.415 e. The molecule has 0 atom stereocenters. The minimum atomic E-state index is -0.152. The normalized spacial score (nSPS) is 15.2. The second-order valence-electron chi connectivity index (χ2n) is 7.68. The summed E-state index contributed by atoms with van der Waals surface area (Å²) in [5.74, 6) is 2.52. The summed E-state index contributed by atoms with van der Waals surface area (Å²) in [6, 6.07) is 0. The predicted octanol–water partition coefficient (Wildman–Crippen LogP) is 4.52. The number of aryl methyl sites for hydroxylation is 2. The van der Waals surface area contributed by atoms with Gasteiger partial charge in [-0.05, 0) is 31.2 Å². The van der Waals surface area contributed by atoms with Crippen LogP contribution in [0.25, 0.3) is 10.2 Å². The van der Waals surface area contributed by atoms with Gasteiger partial charge in [-0.3, -0.25) is 0 Å². The fraction of sp³-hybridized carbons (Fsp3) is 0.556. The van der Waals surface area contributed by atoms with E-state index in [0.717, 1.165) is 23.1 Å². The molecule has 0 unspecified atom stereocenters. The highest BCUT2D eigenvalue weighted by Crippen LogP contribution is 2.37. The van der Waals surface area contributed by atoms with Crippen molar-refractivity contribution in [1.29, 1.82) is 0 Å². The van der Waals surface area contributed by atoms with Gasteiger partial charge in [-0.25, -0.2) is 9.97 Å². The summed E-state index contributed by atoms with van der Waals surface area (Å²) in [7, 11) is 0. The maximum Gasteiger partial charge on any atom is 0.277 e. The fourth-order valence-electron chi connectivity index (χ4n) is 3.17. The van der Waals surface area contributed by atoms with Crippen molar-refractivity contribution in [1.82, 2.24) is 20.2 Å². The van der Waals surface area contributed by atoms with Crippen molar-refractivity contribution in [2.45, 2.75) is 69.3 Å². The first kappa shape index (κ1) is 17.7. The van der Waals surface area contributed by atoms with Crippen molar-refractivity contribution in [3.8, 4) is 0 Å². The Morgan fingerprint density at radius 3 is 2.69 bits per heavy atom. The maximum absolute atomic E-state index is 6.30. The van der Waals surface area contributed by atoms with Crippen LogP contribution in [0.3, 0.4) is 0 Å². The number of thioether (sulfide) groups is 1.